The van der Waals surface area contributed by atoms with E-state index in [1.165, 1.54) is 25.7 Å². The largest absolute Gasteiger partial charge is 0.339 e. The molecule has 2 aromatic heterocycles. The van der Waals surface area contributed by atoms with Crippen LogP contribution in [0.1, 0.15) is 51.8 Å². The zero-order valence-electron chi connectivity index (χ0n) is 13.5. The Balaban J connectivity index is 1.51. The highest BCUT2D eigenvalue weighted by Gasteiger charge is 2.24. The van der Waals surface area contributed by atoms with Gasteiger partial charge in [0.25, 0.3) is 0 Å². The Bertz CT molecular complexity index is 558. The molecular weight excluding hydrogens is 294 g/mol. The Kier molecular flexibility index (Phi) is 5.26. The van der Waals surface area contributed by atoms with Gasteiger partial charge in [-0.2, -0.15) is 4.98 Å². The Morgan fingerprint density at radius 1 is 1.36 bits per heavy atom. The van der Waals surface area contributed by atoms with Crippen molar-refractivity contribution < 1.29 is 4.52 Å². The quantitative estimate of drug-likeness (QED) is 0.759. The minimum Gasteiger partial charge on any atom is -0.339 e. The molecule has 22 heavy (non-hydrogen) atoms. The van der Waals surface area contributed by atoms with E-state index >= 15 is 0 Å². The first-order valence-electron chi connectivity index (χ1n) is 8.36. The van der Waals surface area contributed by atoms with E-state index in [-0.39, 0.29) is 0 Å². The predicted molar refractivity (Wildman–Crippen MR) is 90.0 cm³/mol. The van der Waals surface area contributed by atoms with E-state index in [9.17, 15) is 0 Å². The summed E-state index contributed by atoms with van der Waals surface area (Å²) >= 11 is 1.65. The van der Waals surface area contributed by atoms with E-state index in [1.54, 1.807) is 11.3 Å². The molecule has 0 amide bonds. The fraction of sp³-hybridized carbons (Fsp3) is 0.647. The molecule has 0 atom stereocenters. The molecule has 1 fully saturated rings. The number of thiophene rings is 1. The topological polar surface area (TPSA) is 42.2 Å². The number of aromatic nitrogens is 2. The molecule has 0 aromatic carbocycles. The van der Waals surface area contributed by atoms with Gasteiger partial charge in [0.15, 0.2) is 0 Å². The van der Waals surface area contributed by atoms with Crippen molar-refractivity contribution >= 4 is 11.3 Å². The van der Waals surface area contributed by atoms with Gasteiger partial charge in [-0.3, -0.25) is 4.90 Å². The molecule has 0 radical (unpaired) electrons. The van der Waals surface area contributed by atoms with E-state index in [0.717, 1.165) is 42.0 Å². The van der Waals surface area contributed by atoms with Gasteiger partial charge in [-0.1, -0.05) is 24.1 Å². The summed E-state index contributed by atoms with van der Waals surface area (Å²) in [7, 11) is 0. The van der Waals surface area contributed by atoms with E-state index < -0.39 is 0 Å². The maximum atomic E-state index is 5.38. The standard InChI is InChI=1S/C17H25N3OS/c1-13(2)20(14-7-3-4-8-14)11-5-10-16-18-17(19-21-16)15-9-6-12-22-15/h6,9,12-14H,3-5,7-8,10-11H2,1-2H3. The molecule has 1 saturated carbocycles. The highest BCUT2D eigenvalue weighted by molar-refractivity contribution is 7.13. The van der Waals surface area contributed by atoms with Crippen molar-refractivity contribution in [3.8, 4) is 10.7 Å². The van der Waals surface area contributed by atoms with E-state index in [1.807, 2.05) is 17.5 Å². The van der Waals surface area contributed by atoms with Crippen LogP contribution in [0.3, 0.4) is 0 Å². The number of hydrogen-bond donors (Lipinski definition) is 0. The van der Waals surface area contributed by atoms with Crippen LogP contribution in [0.15, 0.2) is 22.0 Å². The summed E-state index contributed by atoms with van der Waals surface area (Å²) in [5, 5.41) is 6.11. The van der Waals surface area contributed by atoms with Crippen LogP contribution in [-0.4, -0.2) is 33.7 Å². The molecule has 0 N–H and O–H groups in total. The number of hydrogen-bond acceptors (Lipinski definition) is 5. The van der Waals surface area contributed by atoms with Crippen molar-refractivity contribution in [2.75, 3.05) is 6.54 Å². The maximum Gasteiger partial charge on any atom is 0.227 e. The van der Waals surface area contributed by atoms with Crippen molar-refractivity contribution in [1.82, 2.24) is 15.0 Å². The van der Waals surface area contributed by atoms with Crippen molar-refractivity contribution in [1.29, 1.82) is 0 Å². The van der Waals surface area contributed by atoms with Crippen LogP contribution >= 0.6 is 11.3 Å². The third kappa shape index (κ3) is 3.76. The smallest absolute Gasteiger partial charge is 0.227 e. The van der Waals surface area contributed by atoms with Gasteiger partial charge in [-0.05, 0) is 51.1 Å². The molecule has 0 saturated heterocycles. The normalized spacial score (nSPS) is 16.2. The van der Waals surface area contributed by atoms with Gasteiger partial charge in [0.1, 0.15) is 0 Å². The van der Waals surface area contributed by atoms with Gasteiger partial charge in [0.05, 0.1) is 4.88 Å². The highest BCUT2D eigenvalue weighted by atomic mass is 32.1. The van der Waals surface area contributed by atoms with Crippen molar-refractivity contribution in [3.05, 3.63) is 23.4 Å². The minimum atomic E-state index is 0.618. The molecule has 0 aliphatic heterocycles. The highest BCUT2D eigenvalue weighted by Crippen LogP contribution is 2.25. The number of nitrogens with zero attached hydrogens (tertiary/aromatic N) is 3. The van der Waals surface area contributed by atoms with Crippen LogP contribution in [0.4, 0.5) is 0 Å². The third-order valence-electron chi connectivity index (χ3n) is 4.47. The maximum absolute atomic E-state index is 5.38. The SMILES string of the molecule is CC(C)N(CCCc1nc(-c2cccs2)no1)C1CCCC1. The Labute approximate surface area is 136 Å². The number of aryl methyl sites for hydroxylation is 1. The summed E-state index contributed by atoms with van der Waals surface area (Å²) in [5.41, 5.74) is 0. The van der Waals surface area contributed by atoms with Crippen LogP contribution in [0.25, 0.3) is 10.7 Å². The van der Waals surface area contributed by atoms with Crippen LogP contribution in [0.2, 0.25) is 0 Å². The van der Waals surface area contributed by atoms with Crippen LogP contribution in [0, 0.1) is 0 Å². The van der Waals surface area contributed by atoms with Crippen molar-refractivity contribution in [2.24, 2.45) is 0 Å². The second-order valence-electron chi connectivity index (χ2n) is 6.36. The van der Waals surface area contributed by atoms with Crippen LogP contribution in [0.5, 0.6) is 0 Å². The Hall–Kier alpha value is -1.20. The fourth-order valence-corrected chi connectivity index (χ4v) is 4.02. The molecule has 0 unspecified atom stereocenters. The van der Waals surface area contributed by atoms with Gasteiger partial charge >= 0.3 is 0 Å². The van der Waals surface area contributed by atoms with Gasteiger partial charge in [0, 0.05) is 18.5 Å². The molecule has 2 heterocycles. The molecule has 4 nitrogen and oxygen atoms in total. The first-order valence-corrected chi connectivity index (χ1v) is 9.24. The number of rotatable bonds is 7. The monoisotopic (exact) mass is 319 g/mol. The molecule has 3 rings (SSSR count). The molecular formula is C17H25N3OS. The lowest BCUT2D eigenvalue weighted by Crippen LogP contribution is -2.39. The minimum absolute atomic E-state index is 0.618. The molecule has 0 spiro atoms. The zero-order valence-corrected chi connectivity index (χ0v) is 14.3. The summed E-state index contributed by atoms with van der Waals surface area (Å²) in [6.07, 6.45) is 7.46. The Morgan fingerprint density at radius 3 is 2.86 bits per heavy atom. The first kappa shape index (κ1) is 15.7. The fourth-order valence-electron chi connectivity index (χ4n) is 3.37. The zero-order chi connectivity index (χ0) is 15.4. The second kappa shape index (κ2) is 7.38. The summed E-state index contributed by atoms with van der Waals surface area (Å²) in [5.74, 6) is 1.49. The van der Waals surface area contributed by atoms with Crippen LogP contribution < -0.4 is 0 Å². The molecule has 1 aliphatic carbocycles. The molecule has 1 aliphatic rings. The van der Waals surface area contributed by atoms with E-state index in [4.69, 9.17) is 4.52 Å². The van der Waals surface area contributed by atoms with Crippen LogP contribution in [-0.2, 0) is 6.42 Å². The average Bonchev–Trinajstić information content (AvgIpc) is 3.23. The second-order valence-corrected chi connectivity index (χ2v) is 7.31. The van der Waals surface area contributed by atoms with Crippen molar-refractivity contribution in [3.63, 3.8) is 0 Å². The third-order valence-corrected chi connectivity index (χ3v) is 5.34. The predicted octanol–water partition coefficient (Wildman–Crippen LogP) is 4.38. The van der Waals surface area contributed by atoms with Gasteiger partial charge in [-0.25, -0.2) is 0 Å². The molecule has 2 aromatic rings. The molecule has 120 valence electrons. The van der Waals surface area contributed by atoms with Crippen molar-refractivity contribution in [2.45, 2.75) is 64.5 Å². The summed E-state index contributed by atoms with van der Waals surface area (Å²) in [6.45, 7) is 5.73. The lowest BCUT2D eigenvalue weighted by atomic mass is 10.1. The lowest BCUT2D eigenvalue weighted by molar-refractivity contribution is 0.152. The first-order chi connectivity index (χ1) is 10.7. The summed E-state index contributed by atoms with van der Waals surface area (Å²) in [4.78, 5) is 8.24. The Morgan fingerprint density at radius 2 is 2.18 bits per heavy atom. The lowest BCUT2D eigenvalue weighted by Gasteiger charge is -2.32. The average molecular weight is 319 g/mol. The van der Waals surface area contributed by atoms with E-state index in [0.29, 0.717) is 6.04 Å². The van der Waals surface area contributed by atoms with Gasteiger partial charge < -0.3 is 4.52 Å². The summed E-state index contributed by atoms with van der Waals surface area (Å²) < 4.78 is 5.38. The molecule has 0 bridgehead atoms. The molecule has 5 heteroatoms. The van der Waals surface area contributed by atoms with E-state index in [2.05, 4.69) is 28.9 Å². The van der Waals surface area contributed by atoms with Gasteiger partial charge in [-0.15, -0.1) is 11.3 Å². The summed E-state index contributed by atoms with van der Waals surface area (Å²) in [6, 6.07) is 5.44. The van der Waals surface area contributed by atoms with Gasteiger partial charge in [0.2, 0.25) is 11.7 Å².